The van der Waals surface area contributed by atoms with E-state index in [0.717, 1.165) is 33.0 Å². The average molecular weight is 563 g/mol. The van der Waals surface area contributed by atoms with Crippen LogP contribution in [0.4, 0.5) is 41.2 Å². The third kappa shape index (κ3) is 5.94. The molecule has 0 saturated carbocycles. The predicted octanol–water partition coefficient (Wildman–Crippen LogP) is 6.89. The molecule has 0 aromatic heterocycles. The SMILES string of the molecule is CN(C(=O)Oc1c(C#CSI)cc(C(F)(F)F)cc1C(F)(F)F)c1ccc(F)cc1. The molecule has 0 aliphatic carbocycles. The van der Waals surface area contributed by atoms with Crippen LogP contribution in [-0.2, 0) is 12.4 Å². The van der Waals surface area contributed by atoms with Crippen molar-refractivity contribution in [3.63, 3.8) is 0 Å². The van der Waals surface area contributed by atoms with Crippen molar-refractivity contribution in [1.29, 1.82) is 0 Å². The van der Waals surface area contributed by atoms with Crippen LogP contribution in [0.1, 0.15) is 16.7 Å². The zero-order chi connectivity index (χ0) is 22.7. The zero-order valence-electron chi connectivity index (χ0n) is 14.7. The Labute approximate surface area is 182 Å². The number of halogens is 8. The summed E-state index contributed by atoms with van der Waals surface area (Å²) >= 11 is 1.67. The lowest BCUT2D eigenvalue weighted by atomic mass is 10.0. The Kier molecular flexibility index (Phi) is 7.51. The van der Waals surface area contributed by atoms with Crippen molar-refractivity contribution in [2.75, 3.05) is 11.9 Å². The van der Waals surface area contributed by atoms with Crippen LogP contribution in [-0.4, -0.2) is 13.1 Å². The van der Waals surface area contributed by atoms with Crippen LogP contribution in [0, 0.1) is 17.0 Å². The minimum Gasteiger partial charge on any atom is -0.408 e. The van der Waals surface area contributed by atoms with Crippen molar-refractivity contribution < 1.29 is 40.3 Å². The first-order valence-electron chi connectivity index (χ1n) is 7.66. The molecule has 30 heavy (non-hydrogen) atoms. The summed E-state index contributed by atoms with van der Waals surface area (Å²) in [6.45, 7) is 0. The Balaban J connectivity index is 2.58. The highest BCUT2D eigenvalue weighted by atomic mass is 127. The maximum atomic E-state index is 13.5. The lowest BCUT2D eigenvalue weighted by Crippen LogP contribution is -2.30. The molecule has 0 spiro atoms. The van der Waals surface area contributed by atoms with E-state index in [-0.39, 0.29) is 11.8 Å². The molecule has 0 heterocycles. The topological polar surface area (TPSA) is 29.5 Å². The third-order valence-corrected chi connectivity index (χ3v) is 4.46. The predicted molar refractivity (Wildman–Crippen MR) is 106 cm³/mol. The largest absolute Gasteiger partial charge is 0.420 e. The number of ether oxygens (including phenoxy) is 1. The molecule has 0 aliphatic heterocycles. The fraction of sp³-hybridized carbons (Fsp3) is 0.167. The van der Waals surface area contributed by atoms with Crippen LogP contribution in [0.15, 0.2) is 36.4 Å². The minimum atomic E-state index is -5.26. The Morgan fingerprint density at radius 3 is 2.17 bits per heavy atom. The van der Waals surface area contributed by atoms with E-state index in [9.17, 15) is 35.5 Å². The van der Waals surface area contributed by atoms with E-state index in [0.29, 0.717) is 6.07 Å². The second-order valence-electron chi connectivity index (χ2n) is 5.60. The van der Waals surface area contributed by atoms with Crippen LogP contribution in [0.5, 0.6) is 5.75 Å². The van der Waals surface area contributed by atoms with Crippen LogP contribution in [0.25, 0.3) is 0 Å². The minimum absolute atomic E-state index is 0.0809. The molecule has 0 aliphatic rings. The highest BCUT2D eigenvalue weighted by molar-refractivity contribution is 14.2. The molecule has 0 fully saturated rings. The number of amides is 1. The molecule has 2 aromatic rings. The molecule has 12 heteroatoms. The lowest BCUT2D eigenvalue weighted by molar-refractivity contribution is -0.143. The summed E-state index contributed by atoms with van der Waals surface area (Å²) in [5, 5.41) is 2.27. The average Bonchev–Trinajstić information content (AvgIpc) is 2.65. The smallest absolute Gasteiger partial charge is 0.408 e. The van der Waals surface area contributed by atoms with Gasteiger partial charge in [0, 0.05) is 33.9 Å². The molecule has 0 bridgehead atoms. The van der Waals surface area contributed by atoms with Crippen molar-refractivity contribution >= 4 is 41.9 Å². The fourth-order valence-electron chi connectivity index (χ4n) is 2.21. The van der Waals surface area contributed by atoms with Crippen LogP contribution < -0.4 is 9.64 Å². The van der Waals surface area contributed by atoms with Crippen molar-refractivity contribution in [2.24, 2.45) is 0 Å². The molecular weight excluding hydrogens is 554 g/mol. The Hall–Kier alpha value is -2.14. The number of nitrogens with zero attached hydrogens (tertiary/aromatic N) is 1. The van der Waals surface area contributed by atoms with Crippen molar-refractivity contribution in [3.8, 4) is 16.9 Å². The molecule has 2 aromatic carbocycles. The van der Waals surface area contributed by atoms with E-state index in [2.05, 4.69) is 11.2 Å². The van der Waals surface area contributed by atoms with Crippen molar-refractivity contribution in [2.45, 2.75) is 12.4 Å². The molecule has 0 unspecified atom stereocenters. The summed E-state index contributed by atoms with van der Waals surface area (Å²) in [6.07, 6.45) is -11.7. The molecule has 0 radical (unpaired) electrons. The van der Waals surface area contributed by atoms with Gasteiger partial charge in [0.05, 0.1) is 11.1 Å². The maximum absolute atomic E-state index is 13.5. The van der Waals surface area contributed by atoms with Gasteiger partial charge in [-0.05, 0) is 50.6 Å². The van der Waals surface area contributed by atoms with Crippen LogP contribution in [0.3, 0.4) is 0 Å². The number of carbonyl (C=O) groups excluding carboxylic acids is 1. The number of hydrogen-bond donors (Lipinski definition) is 0. The summed E-state index contributed by atoms with van der Waals surface area (Å²) in [5.41, 5.74) is -4.08. The maximum Gasteiger partial charge on any atom is 0.420 e. The van der Waals surface area contributed by atoms with Gasteiger partial charge in [0.1, 0.15) is 11.4 Å². The Morgan fingerprint density at radius 1 is 1.07 bits per heavy atom. The Morgan fingerprint density at radius 2 is 1.67 bits per heavy atom. The molecule has 0 atom stereocenters. The van der Waals surface area contributed by atoms with Crippen molar-refractivity contribution in [1.82, 2.24) is 0 Å². The quantitative estimate of drug-likeness (QED) is 0.227. The van der Waals surface area contributed by atoms with Gasteiger partial charge in [-0.25, -0.2) is 9.18 Å². The van der Waals surface area contributed by atoms with Crippen molar-refractivity contribution in [3.05, 3.63) is 58.9 Å². The van der Waals surface area contributed by atoms with Crippen LogP contribution >= 0.6 is 30.1 Å². The van der Waals surface area contributed by atoms with E-state index >= 15 is 0 Å². The molecule has 0 saturated heterocycles. The number of hydrogen-bond acceptors (Lipinski definition) is 3. The number of rotatable bonds is 2. The van der Waals surface area contributed by atoms with Gasteiger partial charge in [0.25, 0.3) is 0 Å². The van der Waals surface area contributed by atoms with Gasteiger partial charge in [-0.3, -0.25) is 4.90 Å². The van der Waals surface area contributed by atoms with E-state index in [1.165, 1.54) is 12.1 Å². The third-order valence-electron chi connectivity index (χ3n) is 3.62. The van der Waals surface area contributed by atoms with E-state index < -0.39 is 46.7 Å². The first-order chi connectivity index (χ1) is 13.8. The molecule has 3 nitrogen and oxygen atoms in total. The van der Waals surface area contributed by atoms with Gasteiger partial charge in [0.15, 0.2) is 5.75 Å². The van der Waals surface area contributed by atoms with E-state index in [4.69, 9.17) is 4.74 Å². The summed E-state index contributed by atoms with van der Waals surface area (Å²) in [7, 11) is 1.95. The first-order valence-corrected chi connectivity index (χ1v) is 11.0. The molecule has 160 valence electrons. The highest BCUT2D eigenvalue weighted by Gasteiger charge is 2.41. The standard InChI is InChI=1S/C18H9F7INO2S/c1-27(13-4-2-12(19)3-5-13)16(28)29-15-10(6-7-30-26)8-11(17(20,21)22)9-14(15)18(23,24)25/h2-5,8-9H,1H3. The Bertz CT molecular complexity index is 995. The lowest BCUT2D eigenvalue weighted by Gasteiger charge is -2.21. The van der Waals surface area contributed by atoms with Gasteiger partial charge in [-0.15, -0.1) is 0 Å². The molecule has 2 rings (SSSR count). The van der Waals surface area contributed by atoms with Gasteiger partial charge >= 0.3 is 18.4 Å². The van der Waals surface area contributed by atoms with Gasteiger partial charge in [-0.2, -0.15) is 26.3 Å². The molecular formula is C18H9F7INO2S. The van der Waals surface area contributed by atoms with Crippen LogP contribution in [0.2, 0.25) is 0 Å². The summed E-state index contributed by atoms with van der Waals surface area (Å²) < 4.78 is 97.4. The zero-order valence-corrected chi connectivity index (χ0v) is 17.6. The monoisotopic (exact) mass is 563 g/mol. The molecule has 1 amide bonds. The number of carbonyl (C=O) groups is 1. The van der Waals surface area contributed by atoms with E-state index in [1.807, 2.05) is 0 Å². The van der Waals surface area contributed by atoms with Gasteiger partial charge in [-0.1, -0.05) is 5.92 Å². The van der Waals surface area contributed by atoms with Gasteiger partial charge < -0.3 is 4.74 Å². The van der Waals surface area contributed by atoms with Gasteiger partial charge in [0.2, 0.25) is 0 Å². The first kappa shape index (κ1) is 24.1. The normalized spacial score (nSPS) is 11.5. The second-order valence-corrected chi connectivity index (χ2v) is 7.28. The summed E-state index contributed by atoms with van der Waals surface area (Å²) in [5.74, 6) is 0.365. The fourth-order valence-corrected chi connectivity index (χ4v) is 2.68. The summed E-state index contributed by atoms with van der Waals surface area (Å²) in [4.78, 5) is 13.1. The van der Waals surface area contributed by atoms with E-state index in [1.54, 1.807) is 21.2 Å². The number of anilines is 1. The second kappa shape index (κ2) is 9.34. The number of benzene rings is 2. The molecule has 0 N–H and O–H groups in total. The highest BCUT2D eigenvalue weighted by Crippen LogP contribution is 2.42. The number of alkyl halides is 6. The summed E-state index contributed by atoms with van der Waals surface area (Å²) in [6, 6.07) is 4.57.